The Labute approximate surface area is 149 Å². The molecule has 0 aliphatic carbocycles. The van der Waals surface area contributed by atoms with Crippen LogP contribution in [0, 0.1) is 5.92 Å². The fourth-order valence-electron chi connectivity index (χ4n) is 3.17. The van der Waals surface area contributed by atoms with Crippen LogP contribution in [-0.2, 0) is 4.79 Å². The summed E-state index contributed by atoms with van der Waals surface area (Å²) in [6, 6.07) is 7.93. The molecule has 1 aliphatic heterocycles. The Hall–Kier alpha value is -1.82. The molecular formula is C18H27N3O2S. The van der Waals surface area contributed by atoms with Crippen molar-refractivity contribution in [3.63, 3.8) is 0 Å². The van der Waals surface area contributed by atoms with Crippen LogP contribution >= 0.6 is 12.2 Å². The quantitative estimate of drug-likeness (QED) is 0.771. The topological polar surface area (TPSA) is 53.6 Å². The molecule has 2 rings (SSSR count). The standard InChI is InChI=1S/C18H27N3O2S/c1-4-10-20-17(22)15-12-21(18(24)19-5-2)11-14(15)13-8-6-7-9-16(13)23-3/h6-9,14-15H,4-5,10-12H2,1-3H3,(H,19,24)(H,20,22)/t14-,15-/m0/s1. The van der Waals surface area contributed by atoms with Crippen LogP contribution in [0.2, 0.25) is 0 Å². The highest BCUT2D eigenvalue weighted by Crippen LogP contribution is 2.37. The largest absolute Gasteiger partial charge is 0.496 e. The second kappa shape index (κ2) is 8.87. The van der Waals surface area contributed by atoms with Gasteiger partial charge in [-0.2, -0.15) is 0 Å². The molecule has 1 saturated heterocycles. The van der Waals surface area contributed by atoms with E-state index in [-0.39, 0.29) is 17.7 Å². The van der Waals surface area contributed by atoms with Crippen molar-refractivity contribution in [3.8, 4) is 5.75 Å². The zero-order valence-electron chi connectivity index (χ0n) is 14.7. The van der Waals surface area contributed by atoms with Gasteiger partial charge in [-0.25, -0.2) is 0 Å². The predicted octanol–water partition coefficient (Wildman–Crippen LogP) is 2.13. The Morgan fingerprint density at radius 3 is 2.71 bits per heavy atom. The van der Waals surface area contributed by atoms with Crippen molar-refractivity contribution in [2.45, 2.75) is 26.2 Å². The number of benzene rings is 1. The molecule has 2 atom stereocenters. The Bertz CT molecular complexity index is 579. The molecule has 1 aliphatic rings. The van der Waals surface area contributed by atoms with Gasteiger partial charge in [-0.05, 0) is 37.2 Å². The van der Waals surface area contributed by atoms with Crippen LogP contribution in [-0.4, -0.2) is 49.2 Å². The molecule has 0 saturated carbocycles. The lowest BCUT2D eigenvalue weighted by atomic mass is 9.87. The van der Waals surface area contributed by atoms with Crippen molar-refractivity contribution in [2.75, 3.05) is 33.3 Å². The minimum atomic E-state index is -0.135. The van der Waals surface area contributed by atoms with Gasteiger partial charge in [-0.1, -0.05) is 25.1 Å². The summed E-state index contributed by atoms with van der Waals surface area (Å²) in [6.07, 6.45) is 0.928. The first kappa shape index (κ1) is 18.5. The van der Waals surface area contributed by atoms with Gasteiger partial charge < -0.3 is 20.3 Å². The smallest absolute Gasteiger partial charge is 0.225 e. The van der Waals surface area contributed by atoms with Gasteiger partial charge in [-0.15, -0.1) is 0 Å². The third-order valence-electron chi connectivity index (χ3n) is 4.36. The van der Waals surface area contributed by atoms with Gasteiger partial charge in [0, 0.05) is 32.1 Å². The molecule has 0 radical (unpaired) electrons. The Kier molecular flexibility index (Phi) is 6.85. The molecule has 6 heteroatoms. The van der Waals surface area contributed by atoms with E-state index in [4.69, 9.17) is 17.0 Å². The summed E-state index contributed by atoms with van der Waals surface area (Å²) in [5.41, 5.74) is 1.07. The third kappa shape index (κ3) is 4.17. The predicted molar refractivity (Wildman–Crippen MR) is 100 cm³/mol. The van der Waals surface area contributed by atoms with Gasteiger partial charge in [0.1, 0.15) is 5.75 Å². The highest BCUT2D eigenvalue weighted by atomic mass is 32.1. The Balaban J connectivity index is 2.26. The van der Waals surface area contributed by atoms with E-state index >= 15 is 0 Å². The Morgan fingerprint density at radius 1 is 1.29 bits per heavy atom. The first-order valence-corrected chi connectivity index (χ1v) is 8.96. The summed E-state index contributed by atoms with van der Waals surface area (Å²) >= 11 is 5.46. The molecule has 132 valence electrons. The molecule has 24 heavy (non-hydrogen) atoms. The summed E-state index contributed by atoms with van der Waals surface area (Å²) < 4.78 is 5.51. The van der Waals surface area contributed by atoms with Gasteiger partial charge in [0.05, 0.1) is 13.0 Å². The molecule has 1 aromatic carbocycles. The van der Waals surface area contributed by atoms with Crippen LogP contribution in [0.1, 0.15) is 31.7 Å². The first-order chi connectivity index (χ1) is 11.6. The van der Waals surface area contributed by atoms with Crippen molar-refractivity contribution < 1.29 is 9.53 Å². The van der Waals surface area contributed by atoms with E-state index in [1.165, 1.54) is 0 Å². The lowest BCUT2D eigenvalue weighted by Gasteiger charge is -2.20. The van der Waals surface area contributed by atoms with Crippen LogP contribution in [0.5, 0.6) is 5.75 Å². The van der Waals surface area contributed by atoms with Crippen LogP contribution in [0.3, 0.4) is 0 Å². The average Bonchev–Trinajstić information content (AvgIpc) is 3.05. The maximum Gasteiger partial charge on any atom is 0.225 e. The van der Waals surface area contributed by atoms with Gasteiger partial charge in [0.15, 0.2) is 5.11 Å². The normalized spacial score (nSPS) is 19.9. The molecule has 1 aromatic rings. The van der Waals surface area contributed by atoms with Crippen LogP contribution in [0.4, 0.5) is 0 Å². The van der Waals surface area contributed by atoms with Crippen molar-refractivity contribution in [1.29, 1.82) is 0 Å². The SMILES string of the molecule is CCCNC(=O)[C@H]1CN(C(=S)NCC)C[C@H]1c1ccccc1OC. The number of carbonyl (C=O) groups excluding carboxylic acids is 1. The van der Waals surface area contributed by atoms with E-state index in [0.717, 1.165) is 30.8 Å². The maximum atomic E-state index is 12.7. The average molecular weight is 350 g/mol. The maximum absolute atomic E-state index is 12.7. The van der Waals surface area contributed by atoms with Crippen molar-refractivity contribution in [2.24, 2.45) is 5.92 Å². The summed E-state index contributed by atoms with van der Waals surface area (Å²) in [5, 5.41) is 6.93. The second-order valence-electron chi connectivity index (χ2n) is 5.99. The zero-order valence-corrected chi connectivity index (χ0v) is 15.5. The number of likely N-dealkylation sites (tertiary alicyclic amines) is 1. The highest BCUT2D eigenvalue weighted by Gasteiger charge is 2.40. The number of carbonyl (C=O) groups is 1. The van der Waals surface area contributed by atoms with Crippen molar-refractivity contribution in [3.05, 3.63) is 29.8 Å². The molecule has 1 fully saturated rings. The third-order valence-corrected chi connectivity index (χ3v) is 4.76. The number of methoxy groups -OCH3 is 1. The number of nitrogens with one attached hydrogen (secondary N) is 2. The van der Waals surface area contributed by atoms with Crippen LogP contribution in [0.15, 0.2) is 24.3 Å². The van der Waals surface area contributed by atoms with E-state index < -0.39 is 0 Å². The number of hydrogen-bond donors (Lipinski definition) is 2. The molecule has 0 spiro atoms. The Morgan fingerprint density at radius 2 is 2.04 bits per heavy atom. The number of hydrogen-bond acceptors (Lipinski definition) is 3. The molecular weight excluding hydrogens is 322 g/mol. The first-order valence-electron chi connectivity index (χ1n) is 8.55. The van der Waals surface area contributed by atoms with Gasteiger partial charge in [-0.3, -0.25) is 4.79 Å². The number of rotatable bonds is 6. The minimum absolute atomic E-state index is 0.0645. The number of ether oxygens (including phenoxy) is 1. The molecule has 1 heterocycles. The van der Waals surface area contributed by atoms with Gasteiger partial charge in [0.25, 0.3) is 0 Å². The van der Waals surface area contributed by atoms with Gasteiger partial charge in [0.2, 0.25) is 5.91 Å². The van der Waals surface area contributed by atoms with E-state index in [2.05, 4.69) is 22.5 Å². The fraction of sp³-hybridized carbons (Fsp3) is 0.556. The summed E-state index contributed by atoms with van der Waals surface area (Å²) in [7, 11) is 1.67. The molecule has 0 unspecified atom stereocenters. The highest BCUT2D eigenvalue weighted by molar-refractivity contribution is 7.80. The van der Waals surface area contributed by atoms with E-state index in [0.29, 0.717) is 18.2 Å². The summed E-state index contributed by atoms with van der Waals surface area (Å²) in [5.74, 6) is 0.848. The summed E-state index contributed by atoms with van der Waals surface area (Å²) in [6.45, 7) is 6.90. The summed E-state index contributed by atoms with van der Waals surface area (Å²) in [4.78, 5) is 14.8. The fourth-order valence-corrected chi connectivity index (χ4v) is 3.46. The molecule has 0 aromatic heterocycles. The van der Waals surface area contributed by atoms with Gasteiger partial charge >= 0.3 is 0 Å². The number of nitrogens with zero attached hydrogens (tertiary/aromatic N) is 1. The molecule has 5 nitrogen and oxygen atoms in total. The number of para-hydroxylation sites is 1. The number of amides is 1. The van der Waals surface area contributed by atoms with Crippen LogP contribution in [0.25, 0.3) is 0 Å². The lowest BCUT2D eigenvalue weighted by molar-refractivity contribution is -0.124. The molecule has 1 amide bonds. The monoisotopic (exact) mass is 349 g/mol. The van der Waals surface area contributed by atoms with Crippen molar-refractivity contribution >= 4 is 23.2 Å². The lowest BCUT2D eigenvalue weighted by Crippen LogP contribution is -2.39. The minimum Gasteiger partial charge on any atom is -0.496 e. The zero-order chi connectivity index (χ0) is 17.5. The number of thiocarbonyl (C=S) groups is 1. The second-order valence-corrected chi connectivity index (χ2v) is 6.37. The van der Waals surface area contributed by atoms with E-state index in [9.17, 15) is 4.79 Å². The van der Waals surface area contributed by atoms with E-state index in [1.807, 2.05) is 31.2 Å². The molecule has 2 N–H and O–H groups in total. The molecule has 0 bridgehead atoms. The van der Waals surface area contributed by atoms with Crippen LogP contribution < -0.4 is 15.4 Å². The van der Waals surface area contributed by atoms with Crippen molar-refractivity contribution in [1.82, 2.24) is 15.5 Å². The van der Waals surface area contributed by atoms with E-state index in [1.54, 1.807) is 7.11 Å².